The molecular formula is C21H20N4OS. The third-order valence-electron chi connectivity index (χ3n) is 4.48. The molecule has 1 N–H and O–H groups in total. The van der Waals surface area contributed by atoms with Crippen molar-refractivity contribution in [3.05, 3.63) is 77.2 Å². The maximum atomic E-state index is 12.3. The van der Waals surface area contributed by atoms with Gasteiger partial charge in [-0.2, -0.15) is 0 Å². The molecule has 27 heavy (non-hydrogen) atoms. The van der Waals surface area contributed by atoms with Gasteiger partial charge in [0.1, 0.15) is 0 Å². The minimum atomic E-state index is -0.0251. The fourth-order valence-corrected chi connectivity index (χ4v) is 3.80. The Balaban J connectivity index is 1.47. The highest BCUT2D eigenvalue weighted by Crippen LogP contribution is 2.24. The molecule has 136 valence electrons. The van der Waals surface area contributed by atoms with Gasteiger partial charge in [-0.3, -0.25) is 14.2 Å². The van der Waals surface area contributed by atoms with Crippen LogP contribution in [0.1, 0.15) is 23.9 Å². The Hall–Kier alpha value is -2.99. The van der Waals surface area contributed by atoms with Crippen molar-refractivity contribution >= 4 is 22.2 Å². The number of fused-ring (bicyclic) bond motifs is 1. The topological polar surface area (TPSA) is 59.3 Å². The van der Waals surface area contributed by atoms with Crippen LogP contribution < -0.4 is 5.32 Å². The molecule has 5 nitrogen and oxygen atoms in total. The second-order valence-corrected chi connectivity index (χ2v) is 7.17. The van der Waals surface area contributed by atoms with Gasteiger partial charge in [0.15, 0.2) is 4.96 Å². The Labute approximate surface area is 161 Å². The van der Waals surface area contributed by atoms with Crippen molar-refractivity contribution in [3.63, 3.8) is 0 Å². The first-order valence-corrected chi connectivity index (χ1v) is 9.82. The fourth-order valence-electron chi connectivity index (χ4n) is 2.93. The molecule has 0 aliphatic heterocycles. The van der Waals surface area contributed by atoms with Crippen LogP contribution in [-0.4, -0.2) is 20.3 Å². The van der Waals surface area contributed by atoms with E-state index in [-0.39, 0.29) is 5.91 Å². The number of carbonyl (C=O) groups is 1. The highest BCUT2D eigenvalue weighted by molar-refractivity contribution is 7.15. The van der Waals surface area contributed by atoms with Gasteiger partial charge in [0.25, 0.3) is 0 Å². The van der Waals surface area contributed by atoms with Crippen LogP contribution in [0, 0.1) is 0 Å². The molecule has 0 aliphatic carbocycles. The number of aryl methyl sites for hydroxylation is 1. The van der Waals surface area contributed by atoms with E-state index >= 15 is 0 Å². The number of imidazole rings is 1. The minimum Gasteiger partial charge on any atom is -0.350 e. The Morgan fingerprint density at radius 2 is 2.04 bits per heavy atom. The van der Waals surface area contributed by atoms with E-state index in [9.17, 15) is 4.79 Å². The monoisotopic (exact) mass is 376 g/mol. The van der Waals surface area contributed by atoms with E-state index in [1.165, 1.54) is 5.56 Å². The molecule has 6 heteroatoms. The van der Waals surface area contributed by atoms with Crippen molar-refractivity contribution in [1.29, 1.82) is 0 Å². The molecule has 0 radical (unpaired) electrons. The van der Waals surface area contributed by atoms with Crippen LogP contribution in [0.5, 0.6) is 0 Å². The quantitative estimate of drug-likeness (QED) is 0.556. The number of hydrogen-bond donors (Lipinski definition) is 1. The summed E-state index contributed by atoms with van der Waals surface area (Å²) in [4.78, 5) is 22.1. The smallest absolute Gasteiger partial charge is 0.226 e. The van der Waals surface area contributed by atoms with E-state index in [1.54, 1.807) is 17.5 Å². The number of nitrogens with one attached hydrogen (secondary N) is 1. The Morgan fingerprint density at radius 1 is 1.19 bits per heavy atom. The summed E-state index contributed by atoms with van der Waals surface area (Å²) in [7, 11) is 0. The molecule has 3 heterocycles. The number of aromatic nitrogens is 3. The standard InChI is InChI=1S/C21H20N4OS/c1-2-15-6-8-16(9-7-15)19-13-25-18(14-27-21(25)24-19)11-20(26)23-12-17-5-3-4-10-22-17/h3-10,13-14H,2,11-12H2,1H3,(H,23,26). The van der Waals surface area contributed by atoms with E-state index in [0.29, 0.717) is 13.0 Å². The number of carbonyl (C=O) groups excluding carboxylic acids is 1. The molecule has 0 spiro atoms. The molecule has 3 aromatic heterocycles. The number of pyridine rings is 1. The van der Waals surface area contributed by atoms with Crippen LogP contribution in [0.4, 0.5) is 0 Å². The first-order valence-electron chi connectivity index (χ1n) is 8.94. The Kier molecular flexibility index (Phi) is 4.98. The lowest BCUT2D eigenvalue weighted by molar-refractivity contribution is -0.120. The fraction of sp³-hybridized carbons (Fsp3) is 0.190. The maximum Gasteiger partial charge on any atom is 0.226 e. The summed E-state index contributed by atoms with van der Waals surface area (Å²) in [6, 6.07) is 14.1. The van der Waals surface area contributed by atoms with E-state index in [0.717, 1.165) is 34.0 Å². The van der Waals surface area contributed by atoms with Crippen LogP contribution in [0.15, 0.2) is 60.2 Å². The zero-order valence-electron chi connectivity index (χ0n) is 15.1. The van der Waals surface area contributed by atoms with E-state index in [1.807, 2.05) is 34.2 Å². The summed E-state index contributed by atoms with van der Waals surface area (Å²) in [5.41, 5.74) is 5.12. The first-order chi connectivity index (χ1) is 13.2. The largest absolute Gasteiger partial charge is 0.350 e. The highest BCUT2D eigenvalue weighted by Gasteiger charge is 2.12. The minimum absolute atomic E-state index is 0.0251. The molecule has 0 atom stereocenters. The summed E-state index contributed by atoms with van der Waals surface area (Å²) in [6.07, 6.45) is 5.08. The van der Waals surface area contributed by atoms with Crippen molar-refractivity contribution in [2.45, 2.75) is 26.3 Å². The summed E-state index contributed by atoms with van der Waals surface area (Å²) in [6.45, 7) is 2.58. The molecule has 1 amide bonds. The average Bonchev–Trinajstić information content (AvgIpc) is 3.29. The van der Waals surface area contributed by atoms with Crippen LogP contribution in [-0.2, 0) is 24.2 Å². The SMILES string of the molecule is CCc1ccc(-c2cn3c(CC(=O)NCc4ccccn4)csc3n2)cc1. The Morgan fingerprint density at radius 3 is 2.78 bits per heavy atom. The van der Waals surface area contributed by atoms with Gasteiger partial charge in [-0.05, 0) is 24.1 Å². The molecule has 4 aromatic rings. The van der Waals surface area contributed by atoms with Gasteiger partial charge in [0.05, 0.1) is 24.4 Å². The summed E-state index contributed by atoms with van der Waals surface area (Å²) in [5, 5.41) is 4.92. The van der Waals surface area contributed by atoms with E-state index in [2.05, 4.69) is 41.5 Å². The zero-order chi connectivity index (χ0) is 18.6. The highest BCUT2D eigenvalue weighted by atomic mass is 32.1. The lowest BCUT2D eigenvalue weighted by Crippen LogP contribution is -2.25. The van der Waals surface area contributed by atoms with Crippen molar-refractivity contribution in [2.24, 2.45) is 0 Å². The molecule has 4 rings (SSSR count). The second kappa shape index (κ2) is 7.72. The molecular weight excluding hydrogens is 356 g/mol. The van der Waals surface area contributed by atoms with Gasteiger partial charge in [-0.1, -0.05) is 37.3 Å². The van der Waals surface area contributed by atoms with Gasteiger partial charge in [-0.25, -0.2) is 4.98 Å². The first kappa shape index (κ1) is 17.4. The predicted molar refractivity (Wildman–Crippen MR) is 108 cm³/mol. The third kappa shape index (κ3) is 3.90. The number of rotatable bonds is 6. The molecule has 0 saturated carbocycles. The predicted octanol–water partition coefficient (Wildman–Crippen LogP) is 3.88. The molecule has 0 bridgehead atoms. The van der Waals surface area contributed by atoms with Gasteiger partial charge in [0, 0.05) is 29.0 Å². The van der Waals surface area contributed by atoms with Gasteiger partial charge < -0.3 is 5.32 Å². The summed E-state index contributed by atoms with van der Waals surface area (Å²) in [5.74, 6) is -0.0251. The molecule has 0 fully saturated rings. The Bertz CT molecular complexity index is 1050. The third-order valence-corrected chi connectivity index (χ3v) is 5.36. The number of benzene rings is 1. The average molecular weight is 376 g/mol. The van der Waals surface area contributed by atoms with Gasteiger partial charge in [0.2, 0.25) is 5.91 Å². The van der Waals surface area contributed by atoms with Crippen molar-refractivity contribution in [3.8, 4) is 11.3 Å². The molecule has 0 unspecified atom stereocenters. The van der Waals surface area contributed by atoms with Crippen molar-refractivity contribution in [1.82, 2.24) is 19.7 Å². The van der Waals surface area contributed by atoms with Crippen LogP contribution in [0.3, 0.4) is 0 Å². The molecule has 1 aromatic carbocycles. The number of thiazole rings is 1. The van der Waals surface area contributed by atoms with Crippen LogP contribution in [0.25, 0.3) is 16.2 Å². The zero-order valence-corrected chi connectivity index (χ0v) is 15.9. The summed E-state index contributed by atoms with van der Waals surface area (Å²) < 4.78 is 2.01. The lowest BCUT2D eigenvalue weighted by atomic mass is 10.1. The van der Waals surface area contributed by atoms with Gasteiger partial charge in [-0.15, -0.1) is 11.3 Å². The molecule has 0 aliphatic rings. The number of nitrogens with zero attached hydrogens (tertiary/aromatic N) is 3. The van der Waals surface area contributed by atoms with Crippen LogP contribution >= 0.6 is 11.3 Å². The van der Waals surface area contributed by atoms with Crippen molar-refractivity contribution in [2.75, 3.05) is 0 Å². The molecule has 0 saturated heterocycles. The van der Waals surface area contributed by atoms with Crippen LogP contribution in [0.2, 0.25) is 0 Å². The normalized spacial score (nSPS) is 11.0. The van der Waals surface area contributed by atoms with E-state index in [4.69, 9.17) is 4.98 Å². The maximum absolute atomic E-state index is 12.3. The summed E-state index contributed by atoms with van der Waals surface area (Å²) >= 11 is 1.55. The second-order valence-electron chi connectivity index (χ2n) is 6.33. The number of amides is 1. The lowest BCUT2D eigenvalue weighted by Gasteiger charge is -2.04. The number of hydrogen-bond acceptors (Lipinski definition) is 4. The van der Waals surface area contributed by atoms with Gasteiger partial charge >= 0.3 is 0 Å². The van der Waals surface area contributed by atoms with E-state index < -0.39 is 0 Å². The van der Waals surface area contributed by atoms with Crippen molar-refractivity contribution < 1.29 is 4.79 Å².